The van der Waals surface area contributed by atoms with Gasteiger partial charge >= 0.3 is 0 Å². The molecule has 102 valence electrons. The van der Waals surface area contributed by atoms with E-state index in [1.807, 2.05) is 0 Å². The van der Waals surface area contributed by atoms with Gasteiger partial charge in [-0.05, 0) is 31.9 Å². The second-order valence-electron chi connectivity index (χ2n) is 5.78. The van der Waals surface area contributed by atoms with E-state index in [0.29, 0.717) is 12.1 Å². The molecule has 1 aromatic rings. The summed E-state index contributed by atoms with van der Waals surface area (Å²) in [6.45, 7) is 11.7. The first kappa shape index (κ1) is 13.6. The molecule has 1 fully saturated rings. The van der Waals surface area contributed by atoms with Crippen LogP contribution in [-0.2, 0) is 17.8 Å². The lowest BCUT2D eigenvalue weighted by Crippen LogP contribution is -2.60. The Hall–Kier alpha value is -0.800. The van der Waals surface area contributed by atoms with Crippen LogP contribution in [0.4, 0.5) is 0 Å². The van der Waals surface area contributed by atoms with Gasteiger partial charge in [0.25, 0.3) is 0 Å². The van der Waals surface area contributed by atoms with Crippen LogP contribution in [0.15, 0.2) is 18.5 Å². The quantitative estimate of drug-likeness (QED) is 0.840. The summed E-state index contributed by atoms with van der Waals surface area (Å²) in [5.41, 5.74) is 1.62. The molecule has 0 amide bonds. The molecule has 1 aliphatic rings. The Morgan fingerprint density at radius 3 is 2.78 bits per heavy atom. The third-order valence-corrected chi connectivity index (χ3v) is 4.28. The van der Waals surface area contributed by atoms with Crippen molar-refractivity contribution in [3.05, 3.63) is 24.0 Å². The molecule has 0 spiro atoms. The zero-order chi connectivity index (χ0) is 13.2. The van der Waals surface area contributed by atoms with Crippen molar-refractivity contribution in [1.82, 2.24) is 9.88 Å². The van der Waals surface area contributed by atoms with Gasteiger partial charge in [-0.1, -0.05) is 13.8 Å². The Balaban J connectivity index is 1.81. The lowest BCUT2D eigenvalue weighted by molar-refractivity contribution is -0.114. The summed E-state index contributed by atoms with van der Waals surface area (Å²) in [5.74, 6) is 0. The normalized spacial score (nSPS) is 26.0. The molecule has 3 nitrogen and oxygen atoms in total. The fourth-order valence-corrected chi connectivity index (χ4v) is 2.75. The SMILES string of the molecule is CCOC1CC(NCc2ccn(CC)c2)C1(C)C. The maximum Gasteiger partial charge on any atom is 0.0655 e. The second kappa shape index (κ2) is 5.45. The van der Waals surface area contributed by atoms with Gasteiger partial charge in [0, 0.05) is 43.5 Å². The molecule has 2 rings (SSSR count). The summed E-state index contributed by atoms with van der Waals surface area (Å²) >= 11 is 0. The Kier molecular flexibility index (Phi) is 4.13. The van der Waals surface area contributed by atoms with E-state index in [9.17, 15) is 0 Å². The maximum absolute atomic E-state index is 5.75. The molecule has 2 unspecified atom stereocenters. The monoisotopic (exact) mass is 250 g/mol. The third-order valence-electron chi connectivity index (χ3n) is 4.28. The smallest absolute Gasteiger partial charge is 0.0655 e. The molecule has 0 saturated heterocycles. The number of hydrogen-bond acceptors (Lipinski definition) is 2. The fourth-order valence-electron chi connectivity index (χ4n) is 2.75. The van der Waals surface area contributed by atoms with Crippen molar-refractivity contribution >= 4 is 0 Å². The van der Waals surface area contributed by atoms with Crippen molar-refractivity contribution in [1.29, 1.82) is 0 Å². The van der Waals surface area contributed by atoms with Crippen LogP contribution < -0.4 is 5.32 Å². The predicted molar refractivity (Wildman–Crippen MR) is 74.5 cm³/mol. The Morgan fingerprint density at radius 2 is 2.22 bits per heavy atom. The predicted octanol–water partition coefficient (Wildman–Crippen LogP) is 2.80. The van der Waals surface area contributed by atoms with Gasteiger partial charge in [0.15, 0.2) is 0 Å². The topological polar surface area (TPSA) is 26.2 Å². The van der Waals surface area contributed by atoms with E-state index < -0.39 is 0 Å². The number of rotatable bonds is 6. The molecule has 2 atom stereocenters. The highest BCUT2D eigenvalue weighted by atomic mass is 16.5. The standard InChI is InChI=1S/C15H26N2O/c1-5-17-8-7-12(11-17)10-16-13-9-14(18-6-2)15(13,3)4/h7-8,11,13-14,16H,5-6,9-10H2,1-4H3. The molecule has 1 saturated carbocycles. The number of hydrogen-bond donors (Lipinski definition) is 1. The Bertz CT molecular complexity index is 384. The summed E-state index contributed by atoms with van der Waals surface area (Å²) in [7, 11) is 0. The van der Waals surface area contributed by atoms with Crippen molar-refractivity contribution in [2.75, 3.05) is 6.61 Å². The Labute approximate surface area is 111 Å². The van der Waals surface area contributed by atoms with Gasteiger partial charge in [-0.3, -0.25) is 0 Å². The van der Waals surface area contributed by atoms with Crippen LogP contribution in [0.3, 0.4) is 0 Å². The molecule has 0 aliphatic heterocycles. The third kappa shape index (κ3) is 2.62. The first-order chi connectivity index (χ1) is 8.57. The van der Waals surface area contributed by atoms with Gasteiger partial charge in [-0.15, -0.1) is 0 Å². The molecule has 18 heavy (non-hydrogen) atoms. The minimum absolute atomic E-state index is 0.253. The van der Waals surface area contributed by atoms with Crippen molar-refractivity contribution in [3.63, 3.8) is 0 Å². The van der Waals surface area contributed by atoms with E-state index in [-0.39, 0.29) is 5.41 Å². The molecule has 0 aromatic carbocycles. The molecule has 1 heterocycles. The molecular formula is C15H26N2O. The summed E-state index contributed by atoms with van der Waals surface area (Å²) in [5, 5.41) is 3.66. The van der Waals surface area contributed by atoms with Crippen molar-refractivity contribution in [2.24, 2.45) is 5.41 Å². The van der Waals surface area contributed by atoms with E-state index in [2.05, 4.69) is 56.0 Å². The van der Waals surface area contributed by atoms with Crippen LogP contribution >= 0.6 is 0 Å². The highest BCUT2D eigenvalue weighted by Crippen LogP contribution is 2.42. The van der Waals surface area contributed by atoms with Gasteiger partial charge < -0.3 is 14.6 Å². The van der Waals surface area contributed by atoms with E-state index in [1.165, 1.54) is 5.56 Å². The van der Waals surface area contributed by atoms with Crippen LogP contribution in [0.25, 0.3) is 0 Å². The summed E-state index contributed by atoms with van der Waals surface area (Å²) < 4.78 is 7.97. The van der Waals surface area contributed by atoms with E-state index >= 15 is 0 Å². The zero-order valence-electron chi connectivity index (χ0n) is 12.1. The van der Waals surface area contributed by atoms with E-state index in [4.69, 9.17) is 4.74 Å². The highest BCUT2D eigenvalue weighted by Gasteiger charge is 2.48. The van der Waals surface area contributed by atoms with E-state index in [0.717, 1.165) is 26.1 Å². The maximum atomic E-state index is 5.75. The lowest BCUT2D eigenvalue weighted by Gasteiger charge is -2.52. The van der Waals surface area contributed by atoms with Gasteiger partial charge in [0.05, 0.1) is 6.10 Å². The number of aryl methyl sites for hydroxylation is 1. The molecular weight excluding hydrogens is 224 g/mol. The number of aromatic nitrogens is 1. The zero-order valence-corrected chi connectivity index (χ0v) is 12.1. The fraction of sp³-hybridized carbons (Fsp3) is 0.733. The van der Waals surface area contributed by atoms with Crippen LogP contribution in [0.5, 0.6) is 0 Å². The first-order valence-corrected chi connectivity index (χ1v) is 7.07. The van der Waals surface area contributed by atoms with Gasteiger partial charge in [0.2, 0.25) is 0 Å². The second-order valence-corrected chi connectivity index (χ2v) is 5.78. The van der Waals surface area contributed by atoms with Crippen LogP contribution in [0.1, 0.15) is 39.7 Å². The summed E-state index contributed by atoms with van der Waals surface area (Å²) in [4.78, 5) is 0. The molecule has 0 bridgehead atoms. The van der Waals surface area contributed by atoms with Crippen molar-refractivity contribution in [3.8, 4) is 0 Å². The van der Waals surface area contributed by atoms with E-state index in [1.54, 1.807) is 0 Å². The van der Waals surface area contributed by atoms with Gasteiger partial charge in [-0.2, -0.15) is 0 Å². The Morgan fingerprint density at radius 1 is 1.44 bits per heavy atom. The van der Waals surface area contributed by atoms with Crippen molar-refractivity contribution in [2.45, 2.75) is 59.4 Å². The molecule has 0 radical (unpaired) electrons. The van der Waals surface area contributed by atoms with Crippen LogP contribution in [-0.4, -0.2) is 23.3 Å². The van der Waals surface area contributed by atoms with Crippen molar-refractivity contribution < 1.29 is 4.74 Å². The number of nitrogens with zero attached hydrogens (tertiary/aromatic N) is 1. The minimum atomic E-state index is 0.253. The molecule has 1 N–H and O–H groups in total. The van der Waals surface area contributed by atoms with Crippen LogP contribution in [0, 0.1) is 5.41 Å². The highest BCUT2D eigenvalue weighted by molar-refractivity contribution is 5.11. The molecule has 1 aliphatic carbocycles. The summed E-state index contributed by atoms with van der Waals surface area (Å²) in [6.07, 6.45) is 5.92. The lowest BCUT2D eigenvalue weighted by atomic mass is 9.64. The molecule has 3 heteroatoms. The number of nitrogens with one attached hydrogen (secondary N) is 1. The summed E-state index contributed by atoms with van der Waals surface area (Å²) in [6, 6.07) is 2.77. The van der Waals surface area contributed by atoms with Gasteiger partial charge in [-0.25, -0.2) is 0 Å². The number of ether oxygens (including phenoxy) is 1. The van der Waals surface area contributed by atoms with Crippen LogP contribution in [0.2, 0.25) is 0 Å². The largest absolute Gasteiger partial charge is 0.378 e. The minimum Gasteiger partial charge on any atom is -0.378 e. The average molecular weight is 250 g/mol. The average Bonchev–Trinajstić information content (AvgIpc) is 2.80. The molecule has 1 aromatic heterocycles. The first-order valence-electron chi connectivity index (χ1n) is 7.07. The van der Waals surface area contributed by atoms with Gasteiger partial charge in [0.1, 0.15) is 0 Å².